The van der Waals surface area contributed by atoms with Crippen molar-refractivity contribution in [3.63, 3.8) is 0 Å². The molecule has 1 aliphatic rings. The number of likely N-dealkylation sites (N-methyl/N-ethyl adjacent to an activating group) is 1. The van der Waals surface area contributed by atoms with Crippen molar-refractivity contribution in [2.75, 3.05) is 39.2 Å². The van der Waals surface area contributed by atoms with Gasteiger partial charge in [0.2, 0.25) is 11.8 Å². The number of carbonyl (C=O) groups is 2. The lowest BCUT2D eigenvalue weighted by Crippen LogP contribution is -2.38. The number of amides is 2. The van der Waals surface area contributed by atoms with Crippen LogP contribution in [0.4, 0.5) is 5.69 Å². The number of methoxy groups -OCH3 is 1. The molecule has 0 aliphatic carbocycles. The van der Waals surface area contributed by atoms with Gasteiger partial charge >= 0.3 is 0 Å². The molecule has 2 amide bonds. The fraction of sp³-hybridized carbons (Fsp3) is 0.364. The largest absolute Gasteiger partial charge is 0.495 e. The van der Waals surface area contributed by atoms with E-state index in [0.29, 0.717) is 24.5 Å². The summed E-state index contributed by atoms with van der Waals surface area (Å²) >= 11 is 0. The molecule has 2 unspecified atom stereocenters. The van der Waals surface area contributed by atoms with Crippen molar-refractivity contribution >= 4 is 17.5 Å². The number of rotatable bonds is 7. The van der Waals surface area contributed by atoms with Gasteiger partial charge in [0.1, 0.15) is 5.75 Å². The summed E-state index contributed by atoms with van der Waals surface area (Å²) in [6.45, 7) is 0.859. The molecule has 148 valence electrons. The highest BCUT2D eigenvalue weighted by atomic mass is 16.5. The Morgan fingerprint density at radius 3 is 2.54 bits per heavy atom. The second-order valence-corrected chi connectivity index (χ2v) is 7.21. The van der Waals surface area contributed by atoms with Crippen molar-refractivity contribution in [1.29, 1.82) is 0 Å². The lowest BCUT2D eigenvalue weighted by Gasteiger charge is -2.25. The van der Waals surface area contributed by atoms with E-state index in [4.69, 9.17) is 4.74 Å². The third-order valence-electron chi connectivity index (χ3n) is 5.15. The van der Waals surface area contributed by atoms with Gasteiger partial charge in [0.05, 0.1) is 24.8 Å². The molecule has 6 heteroatoms. The number of para-hydroxylation sites is 2. The Labute approximate surface area is 166 Å². The normalized spacial score (nSPS) is 17.6. The maximum absolute atomic E-state index is 12.7. The highest BCUT2D eigenvalue weighted by Gasteiger charge is 2.36. The predicted molar refractivity (Wildman–Crippen MR) is 109 cm³/mol. The SMILES string of the molecule is COc1ccccc1N1CC(C(=O)NCC(c2ccccc2)N(C)C)CC1=O. The number of hydrogen-bond donors (Lipinski definition) is 1. The maximum atomic E-state index is 12.7. The van der Waals surface area contributed by atoms with Crippen molar-refractivity contribution in [2.24, 2.45) is 5.92 Å². The Morgan fingerprint density at radius 1 is 1.18 bits per heavy atom. The molecule has 2 aromatic carbocycles. The fourth-order valence-electron chi connectivity index (χ4n) is 3.58. The van der Waals surface area contributed by atoms with E-state index < -0.39 is 0 Å². The first-order valence-electron chi connectivity index (χ1n) is 9.43. The van der Waals surface area contributed by atoms with E-state index >= 15 is 0 Å². The van der Waals surface area contributed by atoms with E-state index in [1.807, 2.05) is 56.6 Å². The second-order valence-electron chi connectivity index (χ2n) is 7.21. The molecule has 1 N–H and O–H groups in total. The number of anilines is 1. The molecule has 28 heavy (non-hydrogen) atoms. The van der Waals surface area contributed by atoms with E-state index in [2.05, 4.69) is 22.3 Å². The molecule has 0 saturated carbocycles. The van der Waals surface area contributed by atoms with Crippen LogP contribution in [0.5, 0.6) is 5.75 Å². The Hall–Kier alpha value is -2.86. The Balaban J connectivity index is 1.64. The van der Waals surface area contributed by atoms with Crippen molar-refractivity contribution in [2.45, 2.75) is 12.5 Å². The summed E-state index contributed by atoms with van der Waals surface area (Å²) in [5.41, 5.74) is 1.85. The smallest absolute Gasteiger partial charge is 0.227 e. The molecule has 0 bridgehead atoms. The summed E-state index contributed by atoms with van der Waals surface area (Å²) in [6.07, 6.45) is 0.210. The number of nitrogens with one attached hydrogen (secondary N) is 1. The molecule has 0 radical (unpaired) electrons. The summed E-state index contributed by atoms with van der Waals surface area (Å²) < 4.78 is 5.36. The fourth-order valence-corrected chi connectivity index (χ4v) is 3.58. The van der Waals surface area contributed by atoms with Gasteiger partial charge in [-0.1, -0.05) is 42.5 Å². The molecule has 2 atom stereocenters. The number of benzene rings is 2. The van der Waals surface area contributed by atoms with Crippen LogP contribution in [0.2, 0.25) is 0 Å². The van der Waals surface area contributed by atoms with Crippen molar-refractivity contribution in [3.8, 4) is 5.75 Å². The summed E-state index contributed by atoms with van der Waals surface area (Å²) in [5, 5.41) is 3.03. The van der Waals surface area contributed by atoms with E-state index in [9.17, 15) is 9.59 Å². The molecular weight excluding hydrogens is 354 g/mol. The minimum absolute atomic E-state index is 0.0585. The number of nitrogens with zero attached hydrogens (tertiary/aromatic N) is 2. The third-order valence-corrected chi connectivity index (χ3v) is 5.15. The molecular formula is C22H27N3O3. The molecule has 0 spiro atoms. The van der Waals surface area contributed by atoms with Gasteiger partial charge in [0.15, 0.2) is 0 Å². The van der Waals surface area contributed by atoms with Gasteiger partial charge in [0.25, 0.3) is 0 Å². The molecule has 3 rings (SSSR count). The summed E-state index contributed by atoms with van der Waals surface area (Å²) in [6, 6.07) is 17.5. The minimum Gasteiger partial charge on any atom is -0.495 e. The van der Waals surface area contributed by atoms with Gasteiger partial charge in [-0.3, -0.25) is 9.59 Å². The zero-order valence-corrected chi connectivity index (χ0v) is 16.6. The molecule has 1 fully saturated rings. The van der Waals surface area contributed by atoms with Gasteiger partial charge < -0.3 is 19.9 Å². The average Bonchev–Trinajstić information content (AvgIpc) is 3.10. The molecule has 1 heterocycles. The van der Waals surface area contributed by atoms with Gasteiger partial charge in [-0.05, 0) is 31.8 Å². The highest BCUT2D eigenvalue weighted by Crippen LogP contribution is 2.32. The Kier molecular flexibility index (Phi) is 6.31. The topological polar surface area (TPSA) is 61.9 Å². The van der Waals surface area contributed by atoms with Crippen LogP contribution in [0.1, 0.15) is 18.0 Å². The first-order chi connectivity index (χ1) is 13.5. The number of ether oxygens (including phenoxy) is 1. The van der Waals surface area contributed by atoms with Gasteiger partial charge in [-0.25, -0.2) is 0 Å². The monoisotopic (exact) mass is 381 g/mol. The van der Waals surface area contributed by atoms with Crippen LogP contribution < -0.4 is 15.0 Å². The lowest BCUT2D eigenvalue weighted by molar-refractivity contribution is -0.126. The molecule has 0 aromatic heterocycles. The molecule has 2 aromatic rings. The number of hydrogen-bond acceptors (Lipinski definition) is 4. The number of carbonyl (C=O) groups excluding carboxylic acids is 2. The van der Waals surface area contributed by atoms with Crippen LogP contribution >= 0.6 is 0 Å². The molecule has 6 nitrogen and oxygen atoms in total. The quantitative estimate of drug-likeness (QED) is 0.800. The minimum atomic E-state index is -0.365. The first-order valence-corrected chi connectivity index (χ1v) is 9.43. The maximum Gasteiger partial charge on any atom is 0.227 e. The highest BCUT2D eigenvalue weighted by molar-refractivity contribution is 6.01. The van der Waals surface area contributed by atoms with Crippen LogP contribution in [0.25, 0.3) is 0 Å². The standard InChI is InChI=1S/C22H27N3O3/c1-24(2)19(16-9-5-4-6-10-16)14-23-22(27)17-13-21(26)25(15-17)18-11-7-8-12-20(18)28-3/h4-12,17,19H,13-15H2,1-3H3,(H,23,27). The average molecular weight is 381 g/mol. The van der Waals surface area contributed by atoms with Crippen LogP contribution in [0.3, 0.4) is 0 Å². The predicted octanol–water partition coefficient (Wildman–Crippen LogP) is 2.47. The summed E-state index contributed by atoms with van der Waals surface area (Å²) in [4.78, 5) is 29.0. The van der Waals surface area contributed by atoms with Crippen LogP contribution in [-0.2, 0) is 9.59 Å². The molecule has 1 saturated heterocycles. The van der Waals surface area contributed by atoms with E-state index in [0.717, 1.165) is 5.56 Å². The summed E-state index contributed by atoms with van der Waals surface area (Å²) in [5.74, 6) is 0.120. The van der Waals surface area contributed by atoms with E-state index in [-0.39, 0.29) is 30.2 Å². The van der Waals surface area contributed by atoms with Crippen LogP contribution in [0.15, 0.2) is 54.6 Å². The van der Waals surface area contributed by atoms with Crippen LogP contribution in [0, 0.1) is 5.92 Å². The van der Waals surface area contributed by atoms with Crippen molar-refractivity contribution < 1.29 is 14.3 Å². The lowest BCUT2D eigenvalue weighted by atomic mass is 10.0. The zero-order valence-electron chi connectivity index (χ0n) is 16.6. The third kappa shape index (κ3) is 4.34. The zero-order chi connectivity index (χ0) is 20.1. The Bertz CT molecular complexity index is 823. The van der Waals surface area contributed by atoms with E-state index in [1.165, 1.54) is 0 Å². The van der Waals surface area contributed by atoms with Crippen molar-refractivity contribution in [3.05, 3.63) is 60.2 Å². The summed E-state index contributed by atoms with van der Waals surface area (Å²) in [7, 11) is 5.56. The van der Waals surface area contributed by atoms with E-state index in [1.54, 1.807) is 12.0 Å². The second kappa shape index (κ2) is 8.89. The van der Waals surface area contributed by atoms with Gasteiger partial charge in [0, 0.05) is 19.5 Å². The van der Waals surface area contributed by atoms with Crippen molar-refractivity contribution in [1.82, 2.24) is 10.2 Å². The van der Waals surface area contributed by atoms with Gasteiger partial charge in [-0.15, -0.1) is 0 Å². The molecule has 1 aliphatic heterocycles. The first kappa shape index (κ1) is 19.9. The van der Waals surface area contributed by atoms with Crippen LogP contribution in [-0.4, -0.2) is 51.0 Å². The Morgan fingerprint density at radius 2 is 1.86 bits per heavy atom. The van der Waals surface area contributed by atoms with Gasteiger partial charge in [-0.2, -0.15) is 0 Å².